The van der Waals surface area contributed by atoms with Crippen LogP contribution in [0.1, 0.15) is 45.2 Å². The number of nitrogens with one attached hydrogen (secondary N) is 1. The first-order valence-electron chi connectivity index (χ1n) is 10.9. The van der Waals surface area contributed by atoms with Crippen LogP contribution in [0.5, 0.6) is 5.95 Å². The van der Waals surface area contributed by atoms with Crippen molar-refractivity contribution in [1.82, 2.24) is 0 Å². The van der Waals surface area contributed by atoms with Crippen molar-refractivity contribution in [2.45, 2.75) is 52.9 Å². The van der Waals surface area contributed by atoms with Crippen LogP contribution in [-0.4, -0.2) is 24.5 Å². The van der Waals surface area contributed by atoms with Crippen molar-refractivity contribution in [3.8, 4) is 5.95 Å². The zero-order chi connectivity index (χ0) is 24.1. The summed E-state index contributed by atoms with van der Waals surface area (Å²) in [6.45, 7) is 12.7. The number of rotatable bonds is 7. The van der Waals surface area contributed by atoms with Crippen molar-refractivity contribution >= 4 is 27.4 Å². The zero-order valence-corrected chi connectivity index (χ0v) is 20.9. The second-order valence-electron chi connectivity index (χ2n) is 6.79. The molecule has 32 heavy (non-hydrogen) atoms. The van der Waals surface area contributed by atoms with Crippen molar-refractivity contribution in [1.29, 1.82) is 0 Å². The standard InChI is InChI=1S/C20H21NO5S.C3H8.C2H6/c1-13-4-7-16(8-5-13)27(23)21-15-6-9-17-14(2)20(25-11-10-24-3)26-19(22)18(17)12-15;1-3-2;1-2/h4-9,12,21H,10-11H2,1-3H3;3H2,1-2H3;1-2H3. The molecule has 0 fully saturated rings. The highest BCUT2D eigenvalue weighted by atomic mass is 32.2. The molecule has 0 spiro atoms. The molecule has 1 N–H and O–H groups in total. The fraction of sp³-hybridized carbons (Fsp3) is 0.400. The van der Waals surface area contributed by atoms with Crippen LogP contribution in [0.4, 0.5) is 5.69 Å². The van der Waals surface area contributed by atoms with Crippen LogP contribution in [0.25, 0.3) is 10.8 Å². The van der Waals surface area contributed by atoms with E-state index in [1.807, 2.05) is 52.0 Å². The average molecular weight is 462 g/mol. The predicted molar refractivity (Wildman–Crippen MR) is 133 cm³/mol. The van der Waals surface area contributed by atoms with Gasteiger partial charge in [-0.15, -0.1) is 0 Å². The quantitative estimate of drug-likeness (QED) is 0.436. The summed E-state index contributed by atoms with van der Waals surface area (Å²) in [4.78, 5) is 13.0. The summed E-state index contributed by atoms with van der Waals surface area (Å²) >= 11 is 0. The molecule has 7 heteroatoms. The molecule has 0 saturated heterocycles. The number of hydrogen-bond acceptors (Lipinski definition) is 5. The smallest absolute Gasteiger partial charge is 0.346 e. The SMILES string of the molecule is CC.CCC.COCCOc1oc(=O)c2cc(NS(=O)c3ccc(C)cc3)ccc2c1C. The van der Waals surface area contributed by atoms with Gasteiger partial charge in [-0.3, -0.25) is 0 Å². The number of fused-ring (bicyclic) bond motifs is 1. The summed E-state index contributed by atoms with van der Waals surface area (Å²) in [7, 11) is 0.143. The number of ether oxygens (including phenoxy) is 2. The van der Waals surface area contributed by atoms with Crippen LogP contribution >= 0.6 is 0 Å². The van der Waals surface area contributed by atoms with E-state index in [4.69, 9.17) is 13.9 Å². The summed E-state index contributed by atoms with van der Waals surface area (Å²) in [5.74, 6) is 0.188. The summed E-state index contributed by atoms with van der Waals surface area (Å²) in [6.07, 6.45) is 1.25. The van der Waals surface area contributed by atoms with E-state index in [0.717, 1.165) is 16.5 Å². The van der Waals surface area contributed by atoms with Crippen LogP contribution in [0.15, 0.2) is 56.6 Å². The zero-order valence-electron chi connectivity index (χ0n) is 20.1. The third-order valence-electron chi connectivity index (χ3n) is 4.10. The molecular weight excluding hydrogens is 426 g/mol. The lowest BCUT2D eigenvalue weighted by Gasteiger charge is -2.11. The molecule has 1 heterocycles. The third kappa shape index (κ3) is 7.80. The Morgan fingerprint density at radius 2 is 1.59 bits per heavy atom. The molecule has 0 aliphatic heterocycles. The monoisotopic (exact) mass is 461 g/mol. The molecule has 1 unspecified atom stereocenters. The molecule has 3 aromatic rings. The lowest BCUT2D eigenvalue weighted by molar-refractivity contribution is 0.127. The lowest BCUT2D eigenvalue weighted by Crippen LogP contribution is -2.10. The Balaban J connectivity index is 0.000000944. The van der Waals surface area contributed by atoms with Crippen LogP contribution in [0, 0.1) is 13.8 Å². The van der Waals surface area contributed by atoms with Gasteiger partial charge in [0.2, 0.25) is 0 Å². The Hall–Kier alpha value is -2.64. The third-order valence-corrected chi connectivity index (χ3v) is 5.22. The van der Waals surface area contributed by atoms with Gasteiger partial charge in [0.05, 0.1) is 16.9 Å². The van der Waals surface area contributed by atoms with Crippen molar-refractivity contribution < 1.29 is 18.1 Å². The van der Waals surface area contributed by atoms with E-state index in [1.165, 1.54) is 6.42 Å². The van der Waals surface area contributed by atoms with Gasteiger partial charge in [-0.2, -0.15) is 0 Å². The van der Waals surface area contributed by atoms with Crippen LogP contribution in [-0.2, 0) is 15.7 Å². The molecule has 176 valence electrons. The molecule has 0 aliphatic rings. The molecule has 0 aliphatic carbocycles. The lowest BCUT2D eigenvalue weighted by atomic mass is 10.1. The minimum atomic E-state index is -1.43. The molecule has 0 amide bonds. The maximum Gasteiger partial charge on any atom is 0.346 e. The normalized spacial score (nSPS) is 11.0. The Labute approximate surface area is 193 Å². The second kappa shape index (κ2) is 14.4. The highest BCUT2D eigenvalue weighted by molar-refractivity contribution is 7.86. The van der Waals surface area contributed by atoms with E-state index in [-0.39, 0.29) is 5.95 Å². The van der Waals surface area contributed by atoms with E-state index < -0.39 is 16.6 Å². The molecule has 0 radical (unpaired) electrons. The molecule has 1 aromatic heterocycles. The van der Waals surface area contributed by atoms with Crippen molar-refractivity contribution in [3.63, 3.8) is 0 Å². The van der Waals surface area contributed by atoms with Gasteiger partial charge in [0.1, 0.15) is 17.6 Å². The average Bonchev–Trinajstić information content (AvgIpc) is 2.79. The predicted octanol–water partition coefficient (Wildman–Crippen LogP) is 6.01. The van der Waals surface area contributed by atoms with E-state index in [1.54, 1.807) is 25.3 Å². The highest BCUT2D eigenvalue weighted by Crippen LogP contribution is 2.27. The number of anilines is 1. The summed E-state index contributed by atoms with van der Waals surface area (Å²) in [5, 5.41) is 1.13. The Morgan fingerprint density at radius 3 is 2.19 bits per heavy atom. The molecule has 1 atom stereocenters. The topological polar surface area (TPSA) is 77.8 Å². The first-order chi connectivity index (χ1) is 15.4. The minimum Gasteiger partial charge on any atom is -0.462 e. The van der Waals surface area contributed by atoms with E-state index in [9.17, 15) is 9.00 Å². The van der Waals surface area contributed by atoms with Gasteiger partial charge in [0.25, 0.3) is 5.95 Å². The van der Waals surface area contributed by atoms with Gasteiger partial charge in [-0.1, -0.05) is 57.9 Å². The minimum absolute atomic E-state index is 0.188. The summed E-state index contributed by atoms with van der Waals surface area (Å²) < 4.78 is 31.1. The van der Waals surface area contributed by atoms with Gasteiger partial charge in [-0.25, -0.2) is 9.00 Å². The Kier molecular flexibility index (Phi) is 12.4. The number of benzene rings is 2. The van der Waals surface area contributed by atoms with Crippen LogP contribution < -0.4 is 15.1 Å². The maximum absolute atomic E-state index is 12.5. The first-order valence-corrected chi connectivity index (χ1v) is 12.0. The fourth-order valence-electron chi connectivity index (χ4n) is 2.61. The van der Waals surface area contributed by atoms with E-state index >= 15 is 0 Å². The molecular formula is C25H35NO5S. The first kappa shape index (κ1) is 27.4. The van der Waals surface area contributed by atoms with Gasteiger partial charge in [-0.05, 0) is 43.5 Å². The highest BCUT2D eigenvalue weighted by Gasteiger charge is 2.13. The van der Waals surface area contributed by atoms with Gasteiger partial charge >= 0.3 is 5.63 Å². The van der Waals surface area contributed by atoms with E-state index in [2.05, 4.69) is 18.6 Å². The van der Waals surface area contributed by atoms with Crippen LogP contribution in [0.3, 0.4) is 0 Å². The largest absolute Gasteiger partial charge is 0.462 e. The molecule has 0 bridgehead atoms. The molecule has 3 rings (SSSR count). The van der Waals surface area contributed by atoms with Gasteiger partial charge < -0.3 is 18.6 Å². The summed E-state index contributed by atoms with van der Waals surface area (Å²) in [5.41, 5.74) is 1.89. The molecule has 2 aromatic carbocycles. The second-order valence-corrected chi connectivity index (χ2v) is 8.01. The maximum atomic E-state index is 12.5. The van der Waals surface area contributed by atoms with Crippen molar-refractivity contribution in [2.75, 3.05) is 25.0 Å². The van der Waals surface area contributed by atoms with Gasteiger partial charge in [0, 0.05) is 18.4 Å². The van der Waals surface area contributed by atoms with Crippen molar-refractivity contribution in [3.05, 3.63) is 64.0 Å². The fourth-order valence-corrected chi connectivity index (χ4v) is 3.45. The van der Waals surface area contributed by atoms with Gasteiger partial charge in [0.15, 0.2) is 0 Å². The Bertz CT molecular complexity index is 1040. The van der Waals surface area contributed by atoms with E-state index in [0.29, 0.717) is 29.2 Å². The summed E-state index contributed by atoms with van der Waals surface area (Å²) in [6, 6.07) is 12.6. The van der Waals surface area contributed by atoms with Crippen molar-refractivity contribution in [2.24, 2.45) is 0 Å². The number of methoxy groups -OCH3 is 1. The Morgan fingerprint density at radius 1 is 0.969 bits per heavy atom. The number of hydrogen-bond donors (Lipinski definition) is 1. The molecule has 6 nitrogen and oxygen atoms in total. The molecule has 0 saturated carbocycles. The number of aryl methyl sites for hydroxylation is 2. The van der Waals surface area contributed by atoms with Crippen LogP contribution in [0.2, 0.25) is 0 Å².